The zero-order valence-electron chi connectivity index (χ0n) is 9.75. The summed E-state index contributed by atoms with van der Waals surface area (Å²) < 4.78 is 26.7. The number of hydrogen-bond acceptors (Lipinski definition) is 1. The van der Waals surface area contributed by atoms with Gasteiger partial charge in [0.25, 0.3) is 0 Å². The number of benzene rings is 2. The predicted octanol–water partition coefficient (Wildman–Crippen LogP) is 3.84. The zero-order valence-corrected chi connectivity index (χ0v) is 10.5. The summed E-state index contributed by atoms with van der Waals surface area (Å²) >= 11 is 5.89. The van der Waals surface area contributed by atoms with Gasteiger partial charge in [-0.15, -0.1) is 0 Å². The minimum absolute atomic E-state index is 0.228. The summed E-state index contributed by atoms with van der Waals surface area (Å²) in [5.74, 6) is -1.29. The van der Waals surface area contributed by atoms with E-state index in [-0.39, 0.29) is 5.56 Å². The van der Waals surface area contributed by atoms with E-state index in [1.54, 1.807) is 31.2 Å². The highest BCUT2D eigenvalue weighted by Crippen LogP contribution is 2.30. The van der Waals surface area contributed by atoms with Crippen molar-refractivity contribution in [3.8, 4) is 0 Å². The van der Waals surface area contributed by atoms with Gasteiger partial charge in [-0.3, -0.25) is 0 Å². The van der Waals surface area contributed by atoms with E-state index in [9.17, 15) is 8.78 Å². The van der Waals surface area contributed by atoms with Crippen LogP contribution in [0.3, 0.4) is 0 Å². The first-order valence-corrected chi connectivity index (χ1v) is 5.79. The predicted molar refractivity (Wildman–Crippen MR) is 68.5 cm³/mol. The Morgan fingerprint density at radius 3 is 2.44 bits per heavy atom. The minimum Gasteiger partial charge on any atom is -0.318 e. The van der Waals surface area contributed by atoms with Crippen molar-refractivity contribution >= 4 is 11.6 Å². The third-order valence-corrected chi connectivity index (χ3v) is 3.15. The molecule has 1 unspecified atom stereocenters. The van der Waals surface area contributed by atoms with E-state index in [2.05, 4.69) is 0 Å². The van der Waals surface area contributed by atoms with E-state index in [0.29, 0.717) is 10.6 Å². The summed E-state index contributed by atoms with van der Waals surface area (Å²) in [5, 5.41) is 0.520. The van der Waals surface area contributed by atoms with Crippen LogP contribution in [0.2, 0.25) is 5.02 Å². The van der Waals surface area contributed by atoms with Crippen LogP contribution in [-0.2, 0) is 5.54 Å². The van der Waals surface area contributed by atoms with Crippen molar-refractivity contribution in [3.05, 3.63) is 70.2 Å². The first kappa shape index (κ1) is 13.0. The highest BCUT2D eigenvalue weighted by molar-refractivity contribution is 6.30. The Morgan fingerprint density at radius 1 is 1.11 bits per heavy atom. The van der Waals surface area contributed by atoms with E-state index in [1.807, 2.05) is 0 Å². The van der Waals surface area contributed by atoms with Gasteiger partial charge in [0.2, 0.25) is 0 Å². The SMILES string of the molecule is CC(N)(c1cccc(Cl)c1)c1ccc(F)cc1F. The standard InChI is InChI=1S/C14H12ClF2N/c1-14(18,9-3-2-4-10(15)7-9)12-6-5-11(16)8-13(12)17/h2-8H,18H2,1H3. The second-order valence-corrected chi connectivity index (χ2v) is 4.77. The van der Waals surface area contributed by atoms with Crippen LogP contribution in [-0.4, -0.2) is 0 Å². The normalized spacial score (nSPS) is 14.3. The van der Waals surface area contributed by atoms with Crippen molar-refractivity contribution in [1.29, 1.82) is 0 Å². The minimum atomic E-state index is -1.07. The second kappa shape index (κ2) is 4.67. The molecule has 2 aromatic carbocycles. The van der Waals surface area contributed by atoms with Crippen molar-refractivity contribution in [1.82, 2.24) is 0 Å². The van der Waals surface area contributed by atoms with Crippen LogP contribution in [0.4, 0.5) is 8.78 Å². The molecule has 4 heteroatoms. The van der Waals surface area contributed by atoms with Gasteiger partial charge in [0.1, 0.15) is 11.6 Å². The molecule has 18 heavy (non-hydrogen) atoms. The molecule has 0 spiro atoms. The first-order valence-electron chi connectivity index (χ1n) is 5.42. The summed E-state index contributed by atoms with van der Waals surface area (Å²) in [7, 11) is 0. The molecule has 0 heterocycles. The number of rotatable bonds is 2. The summed E-state index contributed by atoms with van der Waals surface area (Å²) in [4.78, 5) is 0. The highest BCUT2D eigenvalue weighted by atomic mass is 35.5. The van der Waals surface area contributed by atoms with Crippen molar-refractivity contribution in [2.45, 2.75) is 12.5 Å². The van der Waals surface area contributed by atoms with Crippen molar-refractivity contribution in [2.24, 2.45) is 5.73 Å². The third kappa shape index (κ3) is 2.37. The largest absolute Gasteiger partial charge is 0.318 e. The molecule has 0 fully saturated rings. The quantitative estimate of drug-likeness (QED) is 0.879. The molecule has 0 saturated heterocycles. The first-order chi connectivity index (χ1) is 8.41. The summed E-state index contributed by atoms with van der Waals surface area (Å²) in [5.41, 5.74) is 5.99. The van der Waals surface area contributed by atoms with Crippen LogP contribution in [0.25, 0.3) is 0 Å². The average Bonchev–Trinajstić information content (AvgIpc) is 2.28. The maximum absolute atomic E-state index is 13.8. The number of halogens is 3. The molecule has 0 aliphatic carbocycles. The van der Waals surface area contributed by atoms with Gasteiger partial charge in [0.15, 0.2) is 0 Å². The van der Waals surface area contributed by atoms with Crippen LogP contribution in [0.15, 0.2) is 42.5 Å². The fourth-order valence-corrected chi connectivity index (χ4v) is 2.07. The molecule has 0 radical (unpaired) electrons. The fraction of sp³-hybridized carbons (Fsp3) is 0.143. The molecule has 2 N–H and O–H groups in total. The van der Waals surface area contributed by atoms with Gasteiger partial charge >= 0.3 is 0 Å². The summed E-state index contributed by atoms with van der Waals surface area (Å²) in [6, 6.07) is 10.2. The molecule has 94 valence electrons. The van der Waals surface area contributed by atoms with E-state index >= 15 is 0 Å². The Labute approximate surface area is 109 Å². The molecular weight excluding hydrogens is 256 g/mol. The van der Waals surface area contributed by atoms with Crippen molar-refractivity contribution < 1.29 is 8.78 Å². The van der Waals surface area contributed by atoms with Crippen LogP contribution in [0, 0.1) is 11.6 Å². The summed E-state index contributed by atoms with van der Waals surface area (Å²) in [6.45, 7) is 1.66. The van der Waals surface area contributed by atoms with E-state index in [4.69, 9.17) is 17.3 Å². The summed E-state index contributed by atoms with van der Waals surface area (Å²) in [6.07, 6.45) is 0. The molecule has 0 amide bonds. The van der Waals surface area contributed by atoms with Gasteiger partial charge in [-0.1, -0.05) is 29.8 Å². The maximum atomic E-state index is 13.8. The molecular formula is C14H12ClF2N. The monoisotopic (exact) mass is 267 g/mol. The molecule has 1 atom stereocenters. The lowest BCUT2D eigenvalue weighted by Crippen LogP contribution is -2.35. The lowest BCUT2D eigenvalue weighted by Gasteiger charge is -2.26. The van der Waals surface area contributed by atoms with Gasteiger partial charge in [-0.2, -0.15) is 0 Å². The Morgan fingerprint density at radius 2 is 1.83 bits per heavy atom. The van der Waals surface area contributed by atoms with Crippen molar-refractivity contribution in [2.75, 3.05) is 0 Å². The lowest BCUT2D eigenvalue weighted by atomic mass is 9.85. The molecule has 0 aliphatic heterocycles. The van der Waals surface area contributed by atoms with E-state index in [1.165, 1.54) is 12.1 Å². The van der Waals surface area contributed by atoms with Crippen molar-refractivity contribution in [3.63, 3.8) is 0 Å². The molecule has 2 rings (SSSR count). The smallest absolute Gasteiger partial charge is 0.131 e. The number of nitrogens with two attached hydrogens (primary N) is 1. The highest BCUT2D eigenvalue weighted by Gasteiger charge is 2.27. The number of hydrogen-bond donors (Lipinski definition) is 1. The molecule has 0 aliphatic rings. The molecule has 2 aromatic rings. The Balaban J connectivity index is 2.53. The topological polar surface area (TPSA) is 26.0 Å². The van der Waals surface area contributed by atoms with Gasteiger partial charge in [0.05, 0.1) is 5.54 Å². The van der Waals surface area contributed by atoms with Gasteiger partial charge in [0, 0.05) is 16.7 Å². The van der Waals surface area contributed by atoms with Crippen LogP contribution in [0.1, 0.15) is 18.1 Å². The van der Waals surface area contributed by atoms with Gasteiger partial charge in [-0.05, 0) is 30.7 Å². The maximum Gasteiger partial charge on any atom is 0.131 e. The Hall–Kier alpha value is -1.45. The average molecular weight is 268 g/mol. The van der Waals surface area contributed by atoms with Crippen LogP contribution >= 0.6 is 11.6 Å². The van der Waals surface area contributed by atoms with Gasteiger partial charge in [-0.25, -0.2) is 8.78 Å². The fourth-order valence-electron chi connectivity index (χ4n) is 1.88. The van der Waals surface area contributed by atoms with Crippen LogP contribution < -0.4 is 5.73 Å². The van der Waals surface area contributed by atoms with Gasteiger partial charge < -0.3 is 5.73 Å². The lowest BCUT2D eigenvalue weighted by molar-refractivity contribution is 0.517. The Kier molecular flexibility index (Phi) is 3.37. The second-order valence-electron chi connectivity index (χ2n) is 4.34. The van der Waals surface area contributed by atoms with E-state index < -0.39 is 17.2 Å². The Bertz CT molecular complexity index is 582. The van der Waals surface area contributed by atoms with E-state index in [0.717, 1.165) is 6.07 Å². The van der Waals surface area contributed by atoms with Crippen LogP contribution in [0.5, 0.6) is 0 Å². The molecule has 0 aromatic heterocycles. The molecule has 0 saturated carbocycles. The molecule has 1 nitrogen and oxygen atoms in total. The zero-order chi connectivity index (χ0) is 13.3. The third-order valence-electron chi connectivity index (χ3n) is 2.91. The molecule has 0 bridgehead atoms.